The van der Waals surface area contributed by atoms with E-state index >= 15 is 0 Å². The highest BCUT2D eigenvalue weighted by Gasteiger charge is 2.46. The van der Waals surface area contributed by atoms with Crippen LogP contribution in [0.5, 0.6) is 5.75 Å². The molecule has 0 amide bonds. The van der Waals surface area contributed by atoms with Crippen LogP contribution in [0.4, 0.5) is 17.1 Å². The largest absolute Gasteiger partial charge is 0.489 e. The topological polar surface area (TPSA) is 12.5 Å². The Kier molecular flexibility index (Phi) is 11.0. The third-order valence-corrected chi connectivity index (χ3v) is 13.1. The van der Waals surface area contributed by atoms with Crippen LogP contribution >= 0.6 is 0 Å². The Bertz CT molecular complexity index is 2910. The molecular formula is C62H53NO. The van der Waals surface area contributed by atoms with Gasteiger partial charge in [-0.05, 0) is 133 Å². The molecule has 0 saturated carbocycles. The fraction of sp³-hybridized carbons (Fsp3) is 0.129. The summed E-state index contributed by atoms with van der Waals surface area (Å²) in [5.41, 5.74) is 18.8. The fourth-order valence-electron chi connectivity index (χ4n) is 9.59. The van der Waals surface area contributed by atoms with E-state index in [1.807, 2.05) is 0 Å². The number of fused-ring (bicyclic) bond motifs is 3. The minimum absolute atomic E-state index is 0.424. The molecule has 0 heterocycles. The number of ether oxygens (including phenoxy) is 1. The van der Waals surface area contributed by atoms with Crippen molar-refractivity contribution >= 4 is 17.1 Å². The van der Waals surface area contributed by atoms with Gasteiger partial charge in [-0.3, -0.25) is 0 Å². The van der Waals surface area contributed by atoms with Crippen LogP contribution in [0.3, 0.4) is 0 Å². The molecule has 0 spiro atoms. The molecule has 1 aliphatic rings. The first-order chi connectivity index (χ1) is 31.4. The van der Waals surface area contributed by atoms with Crippen molar-refractivity contribution in [1.82, 2.24) is 0 Å². The van der Waals surface area contributed by atoms with Crippen molar-refractivity contribution in [3.8, 4) is 39.1 Å². The molecule has 9 aromatic carbocycles. The molecule has 2 heteroatoms. The van der Waals surface area contributed by atoms with Crippen LogP contribution in [0.15, 0.2) is 224 Å². The first-order valence-corrected chi connectivity index (χ1v) is 22.6. The van der Waals surface area contributed by atoms with E-state index in [0.29, 0.717) is 18.4 Å². The molecule has 0 aromatic heterocycles. The van der Waals surface area contributed by atoms with Gasteiger partial charge in [-0.2, -0.15) is 0 Å². The van der Waals surface area contributed by atoms with Gasteiger partial charge in [-0.15, -0.1) is 0 Å². The first kappa shape index (κ1) is 40.6. The lowest BCUT2D eigenvalue weighted by Gasteiger charge is -2.35. The van der Waals surface area contributed by atoms with Crippen LogP contribution in [0, 0.1) is 0 Å². The molecule has 0 radical (unpaired) electrons. The van der Waals surface area contributed by atoms with Gasteiger partial charge in [-0.25, -0.2) is 0 Å². The van der Waals surface area contributed by atoms with Crippen LogP contribution in [-0.4, -0.2) is 0 Å². The zero-order chi connectivity index (χ0) is 43.6. The van der Waals surface area contributed by atoms with Crippen LogP contribution in [0.2, 0.25) is 0 Å². The summed E-state index contributed by atoms with van der Waals surface area (Å²) in [6, 6.07) is 82.3. The highest BCUT2D eigenvalue weighted by atomic mass is 16.5. The summed E-state index contributed by atoms with van der Waals surface area (Å²) in [6.45, 7) is 9.50. The van der Waals surface area contributed by atoms with Crippen molar-refractivity contribution < 1.29 is 4.74 Å². The summed E-state index contributed by atoms with van der Waals surface area (Å²) < 4.78 is 6.44. The number of hydrogen-bond acceptors (Lipinski definition) is 2. The Balaban J connectivity index is 1.12. The van der Waals surface area contributed by atoms with Gasteiger partial charge in [0, 0.05) is 17.1 Å². The summed E-state index contributed by atoms with van der Waals surface area (Å²) in [7, 11) is 0. The number of benzene rings is 9. The monoisotopic (exact) mass is 827 g/mol. The Hall–Kier alpha value is -7.42. The SMILES string of the molecule is CC(C)c1ccc(COc2ccc(C3(c4ccc(C(C)C)cc4)c4ccccc4-c4ccc(N(c5ccc(-c6ccccc6)cc5)c5ccc(-c6ccccc6)cc5)cc43)cc2)cc1. The van der Waals surface area contributed by atoms with Crippen molar-refractivity contribution in [2.24, 2.45) is 0 Å². The van der Waals surface area contributed by atoms with E-state index in [1.54, 1.807) is 0 Å². The second-order valence-electron chi connectivity index (χ2n) is 17.7. The van der Waals surface area contributed by atoms with Gasteiger partial charge in [0.05, 0.1) is 5.41 Å². The standard InChI is InChI=1S/C62H53NO/c1-43(2)46-21-19-45(20-22-46)42-64-57-38-31-53(32-39-57)62(52-29-23-47(24-30-52)44(3)4)60-18-12-11-17-58(60)59-40-37-56(41-61(59)62)63(54-33-25-50(26-34-54)48-13-7-5-8-14-48)55-35-27-51(28-36-55)49-15-9-6-10-16-49/h5-41,43-44H,42H2,1-4H3. The van der Waals surface area contributed by atoms with Gasteiger partial charge >= 0.3 is 0 Å². The van der Waals surface area contributed by atoms with Crippen LogP contribution in [0.25, 0.3) is 33.4 Å². The minimum Gasteiger partial charge on any atom is -0.489 e. The van der Waals surface area contributed by atoms with Gasteiger partial charge in [-0.1, -0.05) is 204 Å². The van der Waals surface area contributed by atoms with E-state index in [2.05, 4.69) is 257 Å². The lowest BCUT2D eigenvalue weighted by Crippen LogP contribution is -2.29. The summed E-state index contributed by atoms with van der Waals surface area (Å²) in [4.78, 5) is 2.41. The molecule has 1 aliphatic carbocycles. The second-order valence-corrected chi connectivity index (χ2v) is 17.7. The highest BCUT2D eigenvalue weighted by molar-refractivity contribution is 5.90. The fourth-order valence-corrected chi connectivity index (χ4v) is 9.59. The normalized spacial score (nSPS) is 14.0. The van der Waals surface area contributed by atoms with Crippen molar-refractivity contribution in [2.75, 3.05) is 4.90 Å². The van der Waals surface area contributed by atoms with E-state index in [-0.39, 0.29) is 0 Å². The Labute approximate surface area is 379 Å². The minimum atomic E-state index is -0.595. The third-order valence-electron chi connectivity index (χ3n) is 13.1. The first-order valence-electron chi connectivity index (χ1n) is 22.6. The number of nitrogens with zero attached hydrogens (tertiary/aromatic N) is 1. The van der Waals surface area contributed by atoms with Gasteiger partial charge < -0.3 is 9.64 Å². The maximum Gasteiger partial charge on any atom is 0.119 e. The average molecular weight is 828 g/mol. The summed E-state index contributed by atoms with van der Waals surface area (Å²) in [6.07, 6.45) is 0. The second kappa shape index (κ2) is 17.4. The molecule has 0 bridgehead atoms. The van der Waals surface area contributed by atoms with Crippen LogP contribution < -0.4 is 9.64 Å². The Morgan fingerprint density at radius 3 is 1.36 bits per heavy atom. The van der Waals surface area contributed by atoms with E-state index in [9.17, 15) is 0 Å². The summed E-state index contributed by atoms with van der Waals surface area (Å²) >= 11 is 0. The lowest BCUT2D eigenvalue weighted by molar-refractivity contribution is 0.306. The molecule has 0 N–H and O–H groups in total. The molecule has 2 nitrogen and oxygen atoms in total. The Morgan fingerprint density at radius 2 is 0.828 bits per heavy atom. The average Bonchev–Trinajstić information content (AvgIpc) is 3.65. The summed E-state index contributed by atoms with van der Waals surface area (Å²) in [5.74, 6) is 1.78. The molecule has 10 rings (SSSR count). The van der Waals surface area contributed by atoms with E-state index in [1.165, 1.54) is 66.8 Å². The zero-order valence-corrected chi connectivity index (χ0v) is 37.1. The molecule has 1 atom stereocenters. The molecule has 312 valence electrons. The number of hydrogen-bond donors (Lipinski definition) is 0. The van der Waals surface area contributed by atoms with Crippen LogP contribution in [-0.2, 0) is 12.0 Å². The highest BCUT2D eigenvalue weighted by Crippen LogP contribution is 2.57. The molecule has 9 aromatic rings. The van der Waals surface area contributed by atoms with E-state index in [0.717, 1.165) is 28.4 Å². The quantitative estimate of drug-likeness (QED) is 0.122. The molecular weight excluding hydrogens is 775 g/mol. The smallest absolute Gasteiger partial charge is 0.119 e. The van der Waals surface area contributed by atoms with E-state index < -0.39 is 5.41 Å². The zero-order valence-electron chi connectivity index (χ0n) is 37.1. The number of anilines is 3. The van der Waals surface area contributed by atoms with E-state index in [4.69, 9.17) is 4.74 Å². The maximum atomic E-state index is 6.44. The predicted molar refractivity (Wildman–Crippen MR) is 268 cm³/mol. The van der Waals surface area contributed by atoms with Gasteiger partial charge in [0.2, 0.25) is 0 Å². The lowest BCUT2D eigenvalue weighted by atomic mass is 9.67. The molecule has 0 fully saturated rings. The maximum absolute atomic E-state index is 6.44. The van der Waals surface area contributed by atoms with Crippen molar-refractivity contribution in [3.05, 3.63) is 263 Å². The van der Waals surface area contributed by atoms with Gasteiger partial charge in [0.1, 0.15) is 12.4 Å². The van der Waals surface area contributed by atoms with Crippen molar-refractivity contribution in [2.45, 2.75) is 51.6 Å². The number of rotatable bonds is 12. The molecule has 64 heavy (non-hydrogen) atoms. The molecule has 0 saturated heterocycles. The molecule has 1 unspecified atom stereocenters. The van der Waals surface area contributed by atoms with Crippen molar-refractivity contribution in [3.63, 3.8) is 0 Å². The van der Waals surface area contributed by atoms with Gasteiger partial charge in [0.25, 0.3) is 0 Å². The predicted octanol–water partition coefficient (Wildman–Crippen LogP) is 16.7. The Morgan fingerprint density at radius 1 is 0.391 bits per heavy atom. The van der Waals surface area contributed by atoms with Crippen molar-refractivity contribution in [1.29, 1.82) is 0 Å². The van der Waals surface area contributed by atoms with Gasteiger partial charge in [0.15, 0.2) is 0 Å². The molecule has 0 aliphatic heterocycles. The van der Waals surface area contributed by atoms with Crippen LogP contribution in [0.1, 0.15) is 78.5 Å². The summed E-state index contributed by atoms with van der Waals surface area (Å²) in [5, 5.41) is 0. The third kappa shape index (κ3) is 7.60.